The molecule has 2 N–H and O–H groups in total. The number of nitrogens with zero attached hydrogens (tertiary/aromatic N) is 1. The molecule has 136 valence electrons. The molecule has 0 aliphatic carbocycles. The van der Waals surface area contributed by atoms with E-state index >= 15 is 0 Å². The summed E-state index contributed by atoms with van der Waals surface area (Å²) >= 11 is 3.42. The van der Waals surface area contributed by atoms with Crippen molar-refractivity contribution in [3.63, 3.8) is 0 Å². The van der Waals surface area contributed by atoms with Crippen LogP contribution in [0, 0.1) is 0 Å². The van der Waals surface area contributed by atoms with Gasteiger partial charge in [-0.3, -0.25) is 4.79 Å². The molecular weight excluding hydrogens is 408 g/mol. The van der Waals surface area contributed by atoms with Gasteiger partial charge in [-0.2, -0.15) is 5.10 Å². The number of phenols is 1. The Morgan fingerprint density at radius 1 is 1.07 bits per heavy atom. The van der Waals surface area contributed by atoms with Crippen LogP contribution in [0.25, 0.3) is 0 Å². The third-order valence-electron chi connectivity index (χ3n) is 3.73. The van der Waals surface area contributed by atoms with Crippen molar-refractivity contribution in [2.24, 2.45) is 5.10 Å². The molecule has 0 unspecified atom stereocenters. The lowest BCUT2D eigenvalue weighted by Crippen LogP contribution is -2.17. The molecule has 6 heteroatoms. The Hall–Kier alpha value is -3.12. The molecule has 0 radical (unpaired) electrons. The molecule has 0 fully saturated rings. The fraction of sp³-hybridized carbons (Fsp3) is 0.0476. The van der Waals surface area contributed by atoms with Crippen molar-refractivity contribution in [2.75, 3.05) is 0 Å². The van der Waals surface area contributed by atoms with Gasteiger partial charge in [-0.05, 0) is 35.9 Å². The highest BCUT2D eigenvalue weighted by molar-refractivity contribution is 9.10. The summed E-state index contributed by atoms with van der Waals surface area (Å²) in [5.74, 6) is 0.0493. The molecule has 0 aliphatic heterocycles. The first-order valence-electron chi connectivity index (χ1n) is 8.21. The van der Waals surface area contributed by atoms with E-state index in [0.717, 1.165) is 10.0 Å². The van der Waals surface area contributed by atoms with E-state index in [1.165, 1.54) is 18.3 Å². The first kappa shape index (κ1) is 18.7. The lowest BCUT2D eigenvalue weighted by Gasteiger charge is -2.10. The Morgan fingerprint density at radius 3 is 2.59 bits per heavy atom. The van der Waals surface area contributed by atoms with Gasteiger partial charge < -0.3 is 9.84 Å². The van der Waals surface area contributed by atoms with Crippen LogP contribution in [0.5, 0.6) is 11.5 Å². The van der Waals surface area contributed by atoms with E-state index in [1.54, 1.807) is 12.1 Å². The molecule has 27 heavy (non-hydrogen) atoms. The number of halogens is 1. The summed E-state index contributed by atoms with van der Waals surface area (Å²) in [5, 5.41) is 13.7. The fourth-order valence-electron chi connectivity index (χ4n) is 2.37. The number of hydrogen-bond acceptors (Lipinski definition) is 4. The maximum atomic E-state index is 12.1. The SMILES string of the molecule is O=C(NN=Cc1cc(Br)ccc1OCc1ccccc1)c1ccccc1O. The van der Waals surface area contributed by atoms with Crippen molar-refractivity contribution in [2.45, 2.75) is 6.61 Å². The van der Waals surface area contributed by atoms with E-state index < -0.39 is 5.91 Å². The molecular formula is C21H17BrN2O3. The van der Waals surface area contributed by atoms with Crippen LogP contribution in [-0.4, -0.2) is 17.2 Å². The summed E-state index contributed by atoms with van der Waals surface area (Å²) in [6, 6.07) is 21.7. The zero-order valence-electron chi connectivity index (χ0n) is 14.3. The average Bonchev–Trinajstić information content (AvgIpc) is 2.68. The first-order chi connectivity index (χ1) is 13.1. The maximum absolute atomic E-state index is 12.1. The van der Waals surface area contributed by atoms with Crippen LogP contribution in [0.2, 0.25) is 0 Å². The summed E-state index contributed by atoms with van der Waals surface area (Å²) in [6.45, 7) is 0.424. The van der Waals surface area contributed by atoms with Gasteiger partial charge in [0.1, 0.15) is 18.1 Å². The molecule has 0 aromatic heterocycles. The van der Waals surface area contributed by atoms with Crippen LogP contribution in [0.1, 0.15) is 21.5 Å². The van der Waals surface area contributed by atoms with Gasteiger partial charge in [0.2, 0.25) is 0 Å². The Bertz CT molecular complexity index is 959. The second-order valence-corrected chi connectivity index (χ2v) is 6.59. The van der Waals surface area contributed by atoms with Crippen LogP contribution in [0.3, 0.4) is 0 Å². The zero-order chi connectivity index (χ0) is 19.1. The van der Waals surface area contributed by atoms with Crippen molar-refractivity contribution in [3.8, 4) is 11.5 Å². The third kappa shape index (κ3) is 5.18. The lowest BCUT2D eigenvalue weighted by molar-refractivity contribution is 0.0952. The summed E-state index contributed by atoms with van der Waals surface area (Å²) < 4.78 is 6.74. The highest BCUT2D eigenvalue weighted by Gasteiger charge is 2.09. The maximum Gasteiger partial charge on any atom is 0.275 e. The van der Waals surface area contributed by atoms with Crippen molar-refractivity contribution in [3.05, 3.63) is 94.0 Å². The number of phenolic OH excluding ortho intramolecular Hbond substituents is 1. The molecule has 3 aromatic rings. The molecule has 1 amide bonds. The van der Waals surface area contributed by atoms with E-state index in [1.807, 2.05) is 48.5 Å². The number of carbonyl (C=O) groups is 1. The van der Waals surface area contributed by atoms with Gasteiger partial charge >= 0.3 is 0 Å². The molecule has 5 nitrogen and oxygen atoms in total. The predicted octanol–water partition coefficient (Wildman–Crippen LogP) is 4.50. The standard InChI is InChI=1S/C21H17BrN2O3/c22-17-10-11-20(27-14-15-6-2-1-3-7-15)16(12-17)13-23-24-21(26)18-8-4-5-9-19(18)25/h1-13,25H,14H2,(H,24,26). The van der Waals surface area contributed by atoms with Gasteiger partial charge in [0.25, 0.3) is 5.91 Å². The number of para-hydroxylation sites is 1. The minimum atomic E-state index is -0.494. The Labute approximate surface area is 165 Å². The number of amides is 1. The Kier molecular flexibility index (Phi) is 6.22. The summed E-state index contributed by atoms with van der Waals surface area (Å²) in [6.07, 6.45) is 1.50. The van der Waals surface area contributed by atoms with Crippen molar-refractivity contribution in [1.29, 1.82) is 0 Å². The van der Waals surface area contributed by atoms with E-state index in [-0.39, 0.29) is 11.3 Å². The van der Waals surface area contributed by atoms with Gasteiger partial charge in [0.05, 0.1) is 11.8 Å². The number of benzene rings is 3. The Balaban J connectivity index is 1.70. The Morgan fingerprint density at radius 2 is 1.81 bits per heavy atom. The van der Waals surface area contributed by atoms with Crippen LogP contribution in [0.15, 0.2) is 82.4 Å². The quantitative estimate of drug-likeness (QED) is 0.452. The smallest absolute Gasteiger partial charge is 0.275 e. The van der Waals surface area contributed by atoms with E-state index in [4.69, 9.17) is 4.74 Å². The summed E-state index contributed by atoms with van der Waals surface area (Å²) in [4.78, 5) is 12.1. The molecule has 0 atom stereocenters. The monoisotopic (exact) mass is 424 g/mol. The third-order valence-corrected chi connectivity index (χ3v) is 4.22. The number of aromatic hydroxyl groups is 1. The van der Waals surface area contributed by atoms with Crippen LogP contribution < -0.4 is 10.2 Å². The number of hydrazone groups is 1. The minimum Gasteiger partial charge on any atom is -0.507 e. The molecule has 3 rings (SSSR count). The summed E-state index contributed by atoms with van der Waals surface area (Å²) in [7, 11) is 0. The average molecular weight is 425 g/mol. The normalized spacial score (nSPS) is 10.7. The molecule has 0 aliphatic rings. The van der Waals surface area contributed by atoms with Gasteiger partial charge in [-0.15, -0.1) is 0 Å². The van der Waals surface area contributed by atoms with Gasteiger partial charge in [0.15, 0.2) is 0 Å². The van der Waals surface area contributed by atoms with Crippen LogP contribution in [-0.2, 0) is 6.61 Å². The van der Waals surface area contributed by atoms with Gasteiger partial charge in [0, 0.05) is 10.0 Å². The second kappa shape index (κ2) is 9.00. The molecule has 0 bridgehead atoms. The molecule has 0 heterocycles. The minimum absolute atomic E-state index is 0.0976. The summed E-state index contributed by atoms with van der Waals surface area (Å²) in [5.41, 5.74) is 4.32. The number of carbonyl (C=O) groups excluding carboxylic acids is 1. The van der Waals surface area contributed by atoms with Crippen LogP contribution >= 0.6 is 15.9 Å². The van der Waals surface area contributed by atoms with Crippen molar-refractivity contribution in [1.82, 2.24) is 5.43 Å². The molecule has 3 aromatic carbocycles. The van der Waals surface area contributed by atoms with Gasteiger partial charge in [-0.1, -0.05) is 58.4 Å². The molecule has 0 saturated heterocycles. The molecule has 0 spiro atoms. The van der Waals surface area contributed by atoms with Gasteiger partial charge in [-0.25, -0.2) is 5.43 Å². The fourth-order valence-corrected chi connectivity index (χ4v) is 2.75. The van der Waals surface area contributed by atoms with E-state index in [0.29, 0.717) is 17.9 Å². The number of hydrogen-bond donors (Lipinski definition) is 2. The lowest BCUT2D eigenvalue weighted by atomic mass is 10.2. The topological polar surface area (TPSA) is 70.9 Å². The first-order valence-corrected chi connectivity index (χ1v) is 9.00. The highest BCUT2D eigenvalue weighted by atomic mass is 79.9. The highest BCUT2D eigenvalue weighted by Crippen LogP contribution is 2.23. The van der Waals surface area contributed by atoms with Crippen molar-refractivity contribution >= 4 is 28.1 Å². The number of nitrogens with one attached hydrogen (secondary N) is 1. The molecule has 0 saturated carbocycles. The van der Waals surface area contributed by atoms with Crippen LogP contribution in [0.4, 0.5) is 0 Å². The predicted molar refractivity (Wildman–Crippen MR) is 108 cm³/mol. The number of ether oxygens (including phenoxy) is 1. The largest absolute Gasteiger partial charge is 0.507 e. The zero-order valence-corrected chi connectivity index (χ0v) is 15.9. The van der Waals surface area contributed by atoms with Crippen molar-refractivity contribution < 1.29 is 14.6 Å². The van der Waals surface area contributed by atoms with E-state index in [2.05, 4.69) is 26.5 Å². The number of rotatable bonds is 6. The second-order valence-electron chi connectivity index (χ2n) is 5.67. The van der Waals surface area contributed by atoms with E-state index in [9.17, 15) is 9.90 Å².